The number of rotatable bonds is 14. The quantitative estimate of drug-likeness (QED) is 0.395. The number of carbonyl (C=O) groups excluding carboxylic acids is 2. The minimum Gasteiger partial charge on any atom is -0.466 e. The van der Waals surface area contributed by atoms with Gasteiger partial charge in [-0.1, -0.05) is 25.7 Å². The van der Waals surface area contributed by atoms with Crippen LogP contribution in [0.4, 0.5) is 0 Å². The highest BCUT2D eigenvalue weighted by atomic mass is 16.5. The monoisotopic (exact) mass is 301 g/mol. The summed E-state index contributed by atoms with van der Waals surface area (Å²) in [6.07, 6.45) is 8.85. The van der Waals surface area contributed by atoms with Gasteiger partial charge in [-0.15, -0.1) is 0 Å². The van der Waals surface area contributed by atoms with E-state index < -0.39 is 0 Å². The molecule has 124 valence electrons. The summed E-state index contributed by atoms with van der Waals surface area (Å²) in [5, 5.41) is 3.43. The number of hydrogen-bond acceptors (Lipinski definition) is 5. The van der Waals surface area contributed by atoms with Crippen LogP contribution in [-0.4, -0.2) is 38.2 Å². The summed E-state index contributed by atoms with van der Waals surface area (Å²) in [5.74, 6) is -0.381. The molecule has 0 amide bonds. The molecule has 5 heteroatoms. The summed E-state index contributed by atoms with van der Waals surface area (Å²) in [7, 11) is 0. The first kappa shape index (κ1) is 19.9. The molecule has 0 fully saturated rings. The molecule has 0 aromatic carbocycles. The lowest BCUT2D eigenvalue weighted by molar-refractivity contribution is -0.142. The van der Waals surface area contributed by atoms with Crippen LogP contribution in [0.2, 0.25) is 0 Å². The van der Waals surface area contributed by atoms with E-state index in [0.29, 0.717) is 13.2 Å². The van der Waals surface area contributed by atoms with Crippen LogP contribution in [0.25, 0.3) is 0 Å². The molecule has 5 nitrogen and oxygen atoms in total. The number of ether oxygens (including phenoxy) is 2. The lowest BCUT2D eigenvalue weighted by Gasteiger charge is -2.05. The van der Waals surface area contributed by atoms with Gasteiger partial charge in [0.2, 0.25) is 0 Å². The highest BCUT2D eigenvalue weighted by molar-refractivity contribution is 5.66. The Morgan fingerprint density at radius 2 is 1.05 bits per heavy atom. The Hall–Kier alpha value is -1.10. The van der Waals surface area contributed by atoms with Crippen molar-refractivity contribution < 1.29 is 19.1 Å². The van der Waals surface area contributed by atoms with Crippen LogP contribution in [0.3, 0.4) is 0 Å². The van der Waals surface area contributed by atoms with Gasteiger partial charge in [-0.3, -0.25) is 9.59 Å². The van der Waals surface area contributed by atoms with Crippen LogP contribution in [0.1, 0.15) is 65.2 Å². The standard InChI is InChI=1S/C16H31NO4/c1-15(18)20-13-9-5-3-7-11-17-12-8-4-6-10-14-21-16(2)19/h17H,3-14H2,1-2H3. The molecule has 21 heavy (non-hydrogen) atoms. The Balaban J connectivity index is 2.99. The molecular weight excluding hydrogens is 270 g/mol. The fourth-order valence-electron chi connectivity index (χ4n) is 1.97. The van der Waals surface area contributed by atoms with Crippen molar-refractivity contribution in [3.8, 4) is 0 Å². The number of hydrogen-bond donors (Lipinski definition) is 1. The van der Waals surface area contributed by atoms with Crippen LogP contribution in [0, 0.1) is 0 Å². The largest absolute Gasteiger partial charge is 0.466 e. The predicted octanol–water partition coefficient (Wildman–Crippen LogP) is 2.82. The Labute approximate surface area is 128 Å². The third-order valence-electron chi connectivity index (χ3n) is 3.11. The molecule has 0 aromatic rings. The Bertz CT molecular complexity index is 243. The van der Waals surface area contributed by atoms with E-state index in [4.69, 9.17) is 9.47 Å². The maximum absolute atomic E-state index is 10.5. The number of nitrogens with one attached hydrogen (secondary N) is 1. The molecule has 0 saturated heterocycles. The molecule has 0 radical (unpaired) electrons. The first-order valence-corrected chi connectivity index (χ1v) is 8.10. The van der Waals surface area contributed by atoms with Gasteiger partial charge in [0.05, 0.1) is 13.2 Å². The van der Waals surface area contributed by atoms with E-state index in [0.717, 1.165) is 38.8 Å². The van der Waals surface area contributed by atoms with Crippen molar-refractivity contribution >= 4 is 11.9 Å². The van der Waals surface area contributed by atoms with Gasteiger partial charge in [-0.05, 0) is 38.8 Å². The van der Waals surface area contributed by atoms with Crippen LogP contribution >= 0.6 is 0 Å². The molecule has 0 rings (SSSR count). The number of esters is 2. The molecule has 0 spiro atoms. The van der Waals surface area contributed by atoms with E-state index in [-0.39, 0.29) is 11.9 Å². The molecule has 0 unspecified atom stereocenters. The average molecular weight is 301 g/mol. The molecule has 0 bridgehead atoms. The summed E-state index contributed by atoms with van der Waals surface area (Å²) in [6, 6.07) is 0. The summed E-state index contributed by atoms with van der Waals surface area (Å²) in [5.41, 5.74) is 0. The second-order valence-electron chi connectivity index (χ2n) is 5.26. The molecule has 0 aliphatic rings. The Morgan fingerprint density at radius 1 is 0.667 bits per heavy atom. The number of unbranched alkanes of at least 4 members (excludes halogenated alkanes) is 6. The zero-order valence-electron chi connectivity index (χ0n) is 13.6. The molecule has 0 saturated carbocycles. The van der Waals surface area contributed by atoms with Gasteiger partial charge in [0.25, 0.3) is 0 Å². The maximum atomic E-state index is 10.5. The normalized spacial score (nSPS) is 10.4. The highest BCUT2D eigenvalue weighted by Gasteiger charge is 1.95. The summed E-state index contributed by atoms with van der Waals surface area (Å²) in [4.78, 5) is 21.1. The predicted molar refractivity (Wildman–Crippen MR) is 83.1 cm³/mol. The van der Waals surface area contributed by atoms with Crippen molar-refractivity contribution in [2.24, 2.45) is 0 Å². The third-order valence-corrected chi connectivity index (χ3v) is 3.11. The molecule has 0 aliphatic heterocycles. The van der Waals surface area contributed by atoms with Crippen molar-refractivity contribution in [2.75, 3.05) is 26.3 Å². The maximum Gasteiger partial charge on any atom is 0.302 e. The summed E-state index contributed by atoms with van der Waals surface area (Å²) >= 11 is 0. The first-order valence-electron chi connectivity index (χ1n) is 8.10. The van der Waals surface area contributed by atoms with Crippen LogP contribution in [0.5, 0.6) is 0 Å². The van der Waals surface area contributed by atoms with E-state index in [2.05, 4.69) is 5.32 Å². The van der Waals surface area contributed by atoms with E-state index >= 15 is 0 Å². The zero-order chi connectivity index (χ0) is 15.8. The minimum atomic E-state index is -0.190. The van der Waals surface area contributed by atoms with Gasteiger partial charge >= 0.3 is 11.9 Å². The van der Waals surface area contributed by atoms with Gasteiger partial charge in [-0.2, -0.15) is 0 Å². The van der Waals surface area contributed by atoms with Crippen molar-refractivity contribution in [2.45, 2.75) is 65.2 Å². The fraction of sp³-hybridized carbons (Fsp3) is 0.875. The van der Waals surface area contributed by atoms with Gasteiger partial charge in [0.1, 0.15) is 0 Å². The minimum absolute atomic E-state index is 0.190. The van der Waals surface area contributed by atoms with Crippen molar-refractivity contribution in [1.29, 1.82) is 0 Å². The Morgan fingerprint density at radius 3 is 1.43 bits per heavy atom. The van der Waals surface area contributed by atoms with Gasteiger partial charge in [0.15, 0.2) is 0 Å². The molecule has 0 aromatic heterocycles. The lowest BCUT2D eigenvalue weighted by Crippen LogP contribution is -2.16. The second-order valence-corrected chi connectivity index (χ2v) is 5.26. The first-order chi connectivity index (χ1) is 10.1. The van der Waals surface area contributed by atoms with E-state index in [1.807, 2.05) is 0 Å². The summed E-state index contributed by atoms with van der Waals surface area (Å²) in [6.45, 7) is 6.11. The van der Waals surface area contributed by atoms with Crippen molar-refractivity contribution in [1.82, 2.24) is 5.32 Å². The molecule has 0 heterocycles. The smallest absolute Gasteiger partial charge is 0.302 e. The van der Waals surface area contributed by atoms with Crippen molar-refractivity contribution in [3.63, 3.8) is 0 Å². The average Bonchev–Trinajstić information content (AvgIpc) is 2.42. The fourth-order valence-corrected chi connectivity index (χ4v) is 1.97. The van der Waals surface area contributed by atoms with E-state index in [1.54, 1.807) is 0 Å². The van der Waals surface area contributed by atoms with Crippen LogP contribution in [0.15, 0.2) is 0 Å². The molecular formula is C16H31NO4. The second kappa shape index (κ2) is 15.3. The Kier molecular flexibility index (Phi) is 14.5. The zero-order valence-corrected chi connectivity index (χ0v) is 13.6. The third kappa shape index (κ3) is 18.9. The topological polar surface area (TPSA) is 64.6 Å². The lowest BCUT2D eigenvalue weighted by atomic mass is 10.2. The van der Waals surface area contributed by atoms with E-state index in [1.165, 1.54) is 39.5 Å². The SMILES string of the molecule is CC(=O)OCCCCCCNCCCCCCOC(C)=O. The molecule has 0 atom stereocenters. The van der Waals surface area contributed by atoms with Crippen LogP contribution < -0.4 is 5.32 Å². The van der Waals surface area contributed by atoms with Gasteiger partial charge in [-0.25, -0.2) is 0 Å². The van der Waals surface area contributed by atoms with Gasteiger partial charge < -0.3 is 14.8 Å². The number of carbonyl (C=O) groups is 2. The highest BCUT2D eigenvalue weighted by Crippen LogP contribution is 2.01. The summed E-state index contributed by atoms with van der Waals surface area (Å²) < 4.78 is 9.75. The van der Waals surface area contributed by atoms with Crippen molar-refractivity contribution in [3.05, 3.63) is 0 Å². The molecule has 1 N–H and O–H groups in total. The van der Waals surface area contributed by atoms with Crippen LogP contribution in [-0.2, 0) is 19.1 Å². The van der Waals surface area contributed by atoms with Gasteiger partial charge in [0, 0.05) is 13.8 Å². The van der Waals surface area contributed by atoms with E-state index in [9.17, 15) is 9.59 Å². The molecule has 0 aliphatic carbocycles.